The van der Waals surface area contributed by atoms with Gasteiger partial charge < -0.3 is 5.11 Å². The lowest BCUT2D eigenvalue weighted by molar-refractivity contribution is 0.181. The molecule has 60 valence electrons. The van der Waals surface area contributed by atoms with Crippen molar-refractivity contribution < 1.29 is 5.11 Å². The predicted molar refractivity (Wildman–Crippen MR) is 48.0 cm³/mol. The van der Waals surface area contributed by atoms with Gasteiger partial charge in [-0.3, -0.25) is 0 Å². The SMILES string of the molecule is C=C/C=C/C#CC(O)C(C)C. The van der Waals surface area contributed by atoms with Crippen molar-refractivity contribution in [2.75, 3.05) is 0 Å². The molecule has 1 atom stereocenters. The predicted octanol–water partition coefficient (Wildman–Crippen LogP) is 1.75. The molecule has 0 aliphatic carbocycles. The average molecular weight is 150 g/mol. The van der Waals surface area contributed by atoms with Gasteiger partial charge in [0.05, 0.1) is 0 Å². The highest BCUT2D eigenvalue weighted by molar-refractivity contribution is 5.20. The lowest BCUT2D eigenvalue weighted by Crippen LogP contribution is -2.10. The van der Waals surface area contributed by atoms with Gasteiger partial charge in [-0.05, 0) is 12.0 Å². The van der Waals surface area contributed by atoms with Gasteiger partial charge in [0.15, 0.2) is 0 Å². The van der Waals surface area contributed by atoms with Crippen LogP contribution in [0.2, 0.25) is 0 Å². The molecule has 0 aromatic heterocycles. The number of hydrogen-bond donors (Lipinski definition) is 1. The summed E-state index contributed by atoms with van der Waals surface area (Å²) in [7, 11) is 0. The summed E-state index contributed by atoms with van der Waals surface area (Å²) < 4.78 is 0. The fourth-order valence-electron chi connectivity index (χ4n) is 0.416. The van der Waals surface area contributed by atoms with Gasteiger partial charge in [-0.15, -0.1) is 0 Å². The van der Waals surface area contributed by atoms with E-state index in [4.69, 9.17) is 0 Å². The Labute approximate surface area is 68.4 Å². The van der Waals surface area contributed by atoms with Crippen molar-refractivity contribution in [2.24, 2.45) is 5.92 Å². The van der Waals surface area contributed by atoms with Crippen molar-refractivity contribution in [3.05, 3.63) is 24.8 Å². The van der Waals surface area contributed by atoms with Crippen LogP contribution in [0.4, 0.5) is 0 Å². The zero-order chi connectivity index (χ0) is 8.69. The van der Waals surface area contributed by atoms with Gasteiger partial charge >= 0.3 is 0 Å². The Balaban J connectivity index is 3.86. The topological polar surface area (TPSA) is 20.2 Å². The van der Waals surface area contributed by atoms with E-state index in [0.29, 0.717) is 0 Å². The van der Waals surface area contributed by atoms with Crippen LogP contribution in [0, 0.1) is 17.8 Å². The molecular weight excluding hydrogens is 136 g/mol. The minimum atomic E-state index is -0.524. The number of aliphatic hydroxyl groups is 1. The second-order valence-corrected chi connectivity index (χ2v) is 2.57. The molecule has 1 nitrogen and oxygen atoms in total. The van der Waals surface area contributed by atoms with Crippen LogP contribution >= 0.6 is 0 Å². The molecule has 0 spiro atoms. The molecular formula is C10H14O. The molecule has 1 unspecified atom stereocenters. The molecule has 0 bridgehead atoms. The van der Waals surface area contributed by atoms with Crippen LogP contribution in [-0.4, -0.2) is 11.2 Å². The zero-order valence-electron chi connectivity index (χ0n) is 7.04. The van der Waals surface area contributed by atoms with Crippen LogP contribution in [0.5, 0.6) is 0 Å². The molecule has 1 heteroatoms. The highest BCUT2D eigenvalue weighted by atomic mass is 16.3. The Morgan fingerprint density at radius 2 is 2.09 bits per heavy atom. The summed E-state index contributed by atoms with van der Waals surface area (Å²) in [5.74, 6) is 5.60. The van der Waals surface area contributed by atoms with E-state index in [-0.39, 0.29) is 5.92 Å². The smallest absolute Gasteiger partial charge is 0.117 e. The molecule has 11 heavy (non-hydrogen) atoms. The zero-order valence-corrected chi connectivity index (χ0v) is 7.04. The average Bonchev–Trinajstić information content (AvgIpc) is 1.97. The summed E-state index contributed by atoms with van der Waals surface area (Å²) in [6, 6.07) is 0. The third-order valence-electron chi connectivity index (χ3n) is 1.18. The van der Waals surface area contributed by atoms with Crippen molar-refractivity contribution in [3.63, 3.8) is 0 Å². The van der Waals surface area contributed by atoms with E-state index >= 15 is 0 Å². The molecule has 0 aliphatic heterocycles. The van der Waals surface area contributed by atoms with Crippen molar-refractivity contribution in [3.8, 4) is 11.8 Å². The Morgan fingerprint density at radius 3 is 2.55 bits per heavy atom. The maximum atomic E-state index is 9.19. The van der Waals surface area contributed by atoms with Gasteiger partial charge in [0, 0.05) is 0 Å². The summed E-state index contributed by atoms with van der Waals surface area (Å²) in [5.41, 5.74) is 0. The van der Waals surface area contributed by atoms with Gasteiger partial charge in [0.2, 0.25) is 0 Å². The lowest BCUT2D eigenvalue weighted by atomic mass is 10.1. The van der Waals surface area contributed by atoms with Crippen molar-refractivity contribution in [1.29, 1.82) is 0 Å². The molecule has 0 saturated carbocycles. The van der Waals surface area contributed by atoms with Crippen LogP contribution in [-0.2, 0) is 0 Å². The number of hydrogen-bond acceptors (Lipinski definition) is 1. The Morgan fingerprint density at radius 1 is 1.45 bits per heavy atom. The van der Waals surface area contributed by atoms with E-state index in [1.165, 1.54) is 0 Å². The number of aliphatic hydroxyl groups excluding tert-OH is 1. The molecule has 0 rings (SSSR count). The second kappa shape index (κ2) is 5.76. The molecule has 0 aliphatic rings. The molecule has 1 N–H and O–H groups in total. The summed E-state index contributed by atoms with van der Waals surface area (Å²) >= 11 is 0. The summed E-state index contributed by atoms with van der Waals surface area (Å²) in [6.45, 7) is 7.35. The molecule has 0 heterocycles. The van der Waals surface area contributed by atoms with E-state index in [9.17, 15) is 5.11 Å². The molecule has 0 fully saturated rings. The maximum Gasteiger partial charge on any atom is 0.117 e. The van der Waals surface area contributed by atoms with Gasteiger partial charge in [0.25, 0.3) is 0 Å². The van der Waals surface area contributed by atoms with E-state index in [1.54, 1.807) is 18.2 Å². The Bertz CT molecular complexity index is 191. The second-order valence-electron chi connectivity index (χ2n) is 2.57. The van der Waals surface area contributed by atoms with Gasteiger partial charge in [-0.2, -0.15) is 0 Å². The third-order valence-corrected chi connectivity index (χ3v) is 1.18. The first kappa shape index (κ1) is 10.0. The first-order chi connectivity index (χ1) is 5.18. The summed E-state index contributed by atoms with van der Waals surface area (Å²) in [4.78, 5) is 0. The van der Waals surface area contributed by atoms with Crippen LogP contribution in [0.15, 0.2) is 24.8 Å². The standard InChI is InChI=1S/C10H14O/c1-4-5-6-7-8-10(11)9(2)3/h4-6,9-11H,1H2,2-3H3/b6-5+. The minimum Gasteiger partial charge on any atom is -0.380 e. The van der Waals surface area contributed by atoms with Crippen molar-refractivity contribution in [2.45, 2.75) is 20.0 Å². The third kappa shape index (κ3) is 5.44. The number of allylic oxidation sites excluding steroid dienone is 3. The highest BCUT2D eigenvalue weighted by Gasteiger charge is 2.02. The van der Waals surface area contributed by atoms with E-state index < -0.39 is 6.10 Å². The molecule has 0 aromatic rings. The van der Waals surface area contributed by atoms with Gasteiger partial charge in [0.1, 0.15) is 6.10 Å². The van der Waals surface area contributed by atoms with E-state index in [2.05, 4.69) is 18.4 Å². The summed E-state index contributed by atoms with van der Waals surface area (Å²) in [5, 5.41) is 9.19. The van der Waals surface area contributed by atoms with Crippen molar-refractivity contribution in [1.82, 2.24) is 0 Å². The summed E-state index contributed by atoms with van der Waals surface area (Å²) in [6.07, 6.45) is 4.53. The highest BCUT2D eigenvalue weighted by Crippen LogP contribution is 1.97. The molecule has 0 saturated heterocycles. The van der Waals surface area contributed by atoms with E-state index in [1.807, 2.05) is 13.8 Å². The largest absolute Gasteiger partial charge is 0.380 e. The minimum absolute atomic E-state index is 0.194. The fourth-order valence-corrected chi connectivity index (χ4v) is 0.416. The van der Waals surface area contributed by atoms with Gasteiger partial charge in [-0.1, -0.05) is 44.4 Å². The fraction of sp³-hybridized carbons (Fsp3) is 0.400. The number of rotatable bonds is 2. The normalized spacial score (nSPS) is 12.7. The molecule has 0 radical (unpaired) electrons. The van der Waals surface area contributed by atoms with E-state index in [0.717, 1.165) is 0 Å². The molecule has 0 amide bonds. The van der Waals surface area contributed by atoms with Crippen LogP contribution in [0.25, 0.3) is 0 Å². The maximum absolute atomic E-state index is 9.19. The monoisotopic (exact) mass is 150 g/mol. The van der Waals surface area contributed by atoms with Crippen LogP contribution in [0.3, 0.4) is 0 Å². The first-order valence-corrected chi connectivity index (χ1v) is 3.65. The lowest BCUT2D eigenvalue weighted by Gasteiger charge is -2.04. The first-order valence-electron chi connectivity index (χ1n) is 3.65. The quantitative estimate of drug-likeness (QED) is 0.469. The molecule has 0 aromatic carbocycles. The van der Waals surface area contributed by atoms with Crippen LogP contribution in [0.1, 0.15) is 13.8 Å². The van der Waals surface area contributed by atoms with Crippen molar-refractivity contribution >= 4 is 0 Å². The van der Waals surface area contributed by atoms with Crippen LogP contribution < -0.4 is 0 Å². The van der Waals surface area contributed by atoms with Gasteiger partial charge in [-0.25, -0.2) is 0 Å². The Kier molecular flexibility index (Phi) is 5.24. The Hall–Kier alpha value is -1.00.